The predicted molar refractivity (Wildman–Crippen MR) is 253 cm³/mol. The van der Waals surface area contributed by atoms with Crippen molar-refractivity contribution in [1.82, 2.24) is 5.32 Å². The number of amides is 1. The maximum atomic E-state index is 15.5. The first-order valence-corrected chi connectivity index (χ1v) is 27.8. The highest BCUT2D eigenvalue weighted by molar-refractivity contribution is 7.87. The summed E-state index contributed by atoms with van der Waals surface area (Å²) in [6.07, 6.45) is -12.1. The first kappa shape index (κ1) is 56.3. The highest BCUT2D eigenvalue weighted by Gasteiger charge is 2.79. The number of nitrogens with one attached hydrogen (secondary N) is 1. The van der Waals surface area contributed by atoms with E-state index in [2.05, 4.69) is 5.32 Å². The molecule has 1 amide bonds. The van der Waals surface area contributed by atoms with Crippen LogP contribution in [0.2, 0.25) is 18.1 Å². The van der Waals surface area contributed by atoms with Crippen molar-refractivity contribution >= 4 is 54.0 Å². The van der Waals surface area contributed by atoms with Crippen molar-refractivity contribution < 1.29 is 87.8 Å². The van der Waals surface area contributed by atoms with Crippen LogP contribution in [0.3, 0.4) is 0 Å². The van der Waals surface area contributed by atoms with E-state index in [0.29, 0.717) is 23.7 Å². The van der Waals surface area contributed by atoms with Crippen LogP contribution in [0.1, 0.15) is 111 Å². The maximum Gasteiger partial charge on any atom is 0.523 e. The number of hydrogen-bond donors (Lipinski definition) is 2. The third-order valence-corrected chi connectivity index (χ3v) is 20.8. The van der Waals surface area contributed by atoms with Crippen LogP contribution in [-0.4, -0.2) is 117 Å². The smallest absolute Gasteiger partial charge is 0.456 e. The van der Waals surface area contributed by atoms with Crippen LogP contribution in [0.15, 0.2) is 71.8 Å². The summed E-state index contributed by atoms with van der Waals surface area (Å²) in [4.78, 5) is 87.3. The summed E-state index contributed by atoms with van der Waals surface area (Å²) in [5.41, 5.74) is -17.1. The normalized spacial score (nSPS) is 29.2. The van der Waals surface area contributed by atoms with Crippen molar-refractivity contribution in [3.05, 3.63) is 82.9 Å². The number of carbonyl (C=O) groups is 6. The molecule has 17 nitrogen and oxygen atoms in total. The fraction of sp³-hybridized carbons (Fsp3) is 0.600. The van der Waals surface area contributed by atoms with E-state index >= 15 is 14.4 Å². The minimum atomic E-state index is -6.56. The standard InChI is InChI=1S/C50H64F3NO16SSi/c1-12-72(13-2,14-3)70-38(36(30-21-17-15-18-22-30)54-44(60)68-45(6,7)8)43(59)65-32-26-49(61)41(66-42(58)31-23-19-16-20-24-31)39-47(11,40(57)37(56)35(28(32)4)46(49,9)10)33(69-71(62,63)50(51,52)53)25-34-48(39,27-64-34)67-29(5)55/h15-24,32-34,36,38-39,41,61H,12-14,25-27H2,1-11H3,(H,54,60)/t32-,33-,34+,36-,38+,39-,41-,47+,48-,49+/m0/s1. The largest absolute Gasteiger partial charge is 0.523 e. The first-order valence-electron chi connectivity index (χ1n) is 23.8. The molecule has 1 saturated heterocycles. The predicted octanol–water partition coefficient (Wildman–Crippen LogP) is 7.37. The number of rotatable bonds is 15. The van der Waals surface area contributed by atoms with Gasteiger partial charge in [-0.1, -0.05) is 83.1 Å². The zero-order chi connectivity index (χ0) is 53.8. The van der Waals surface area contributed by atoms with Crippen LogP contribution in [0, 0.1) is 16.7 Å². The molecule has 0 aromatic heterocycles. The van der Waals surface area contributed by atoms with Crippen molar-refractivity contribution in [2.24, 2.45) is 16.7 Å². The molecule has 2 saturated carbocycles. The van der Waals surface area contributed by atoms with Gasteiger partial charge in [0.2, 0.25) is 11.6 Å². The minimum absolute atomic E-state index is 0.109. The second-order valence-electron chi connectivity index (χ2n) is 20.7. The molecule has 2 bridgehead atoms. The van der Waals surface area contributed by atoms with Gasteiger partial charge in [0, 0.05) is 30.8 Å². The molecule has 396 valence electrons. The van der Waals surface area contributed by atoms with E-state index in [1.807, 2.05) is 20.8 Å². The Hall–Kier alpha value is -5.00. The third kappa shape index (κ3) is 10.0. The van der Waals surface area contributed by atoms with Gasteiger partial charge < -0.3 is 38.5 Å². The van der Waals surface area contributed by atoms with Crippen molar-refractivity contribution in [2.45, 2.75) is 166 Å². The second kappa shape index (κ2) is 20.0. The van der Waals surface area contributed by atoms with E-state index in [4.69, 9.17) is 32.3 Å². The average Bonchev–Trinajstić information content (AvgIpc) is 3.29. The summed E-state index contributed by atoms with van der Waals surface area (Å²) in [7, 11) is -9.42. The maximum absolute atomic E-state index is 15.5. The van der Waals surface area contributed by atoms with Crippen LogP contribution >= 0.6 is 0 Å². The molecule has 2 aromatic rings. The number of aliphatic hydroxyl groups is 1. The average molecular weight is 1050 g/mol. The fourth-order valence-corrected chi connectivity index (χ4v) is 14.5. The number of alkyl carbamates (subject to hydrolysis) is 1. The van der Waals surface area contributed by atoms with Gasteiger partial charge >= 0.3 is 39.6 Å². The molecule has 2 aromatic carbocycles. The topological polar surface area (TPSA) is 233 Å². The number of Topliss-reactive ketones (excluding diaryl/α,β-unsaturated/α-hetero) is 2. The molecule has 0 radical (unpaired) electrons. The minimum Gasteiger partial charge on any atom is -0.456 e. The molecule has 0 unspecified atom stereocenters. The van der Waals surface area contributed by atoms with E-state index in [-0.39, 0.29) is 11.1 Å². The molecule has 1 aliphatic heterocycles. The Kier molecular flexibility index (Phi) is 15.7. The fourth-order valence-electron chi connectivity index (χ4n) is 11.0. The number of hydrogen-bond acceptors (Lipinski definition) is 16. The number of benzene rings is 2. The molecule has 10 atom stereocenters. The molecule has 1 heterocycles. The molecule has 3 fully saturated rings. The number of ether oxygens (including phenoxy) is 5. The van der Waals surface area contributed by atoms with Crippen LogP contribution < -0.4 is 5.32 Å². The number of carbonyl (C=O) groups excluding carboxylic acids is 6. The quantitative estimate of drug-likeness (QED) is 0.0443. The molecular weight excluding hydrogens is 988 g/mol. The zero-order valence-corrected chi connectivity index (χ0v) is 44.0. The van der Waals surface area contributed by atoms with Gasteiger partial charge in [0.25, 0.3) is 0 Å². The summed E-state index contributed by atoms with van der Waals surface area (Å²) >= 11 is 0. The van der Waals surface area contributed by atoms with Crippen LogP contribution in [-0.2, 0) is 61.6 Å². The number of ketones is 2. The summed E-state index contributed by atoms with van der Waals surface area (Å²) in [5.74, 6) is -8.39. The van der Waals surface area contributed by atoms with Gasteiger partial charge in [0.1, 0.15) is 29.5 Å². The van der Waals surface area contributed by atoms with Crippen molar-refractivity contribution in [3.63, 3.8) is 0 Å². The Bertz CT molecular complexity index is 2580. The Morgan fingerprint density at radius 2 is 1.49 bits per heavy atom. The lowest BCUT2D eigenvalue weighted by molar-refractivity contribution is -0.342. The van der Waals surface area contributed by atoms with Gasteiger partial charge in [-0.25, -0.2) is 14.4 Å². The van der Waals surface area contributed by atoms with Gasteiger partial charge in [-0.15, -0.1) is 0 Å². The monoisotopic (exact) mass is 1050 g/mol. The summed E-state index contributed by atoms with van der Waals surface area (Å²) < 4.78 is 110. The lowest BCUT2D eigenvalue weighted by Crippen LogP contribution is -2.81. The molecule has 22 heteroatoms. The lowest BCUT2D eigenvalue weighted by Gasteiger charge is -2.66. The third-order valence-electron chi connectivity index (χ3n) is 15.1. The lowest BCUT2D eigenvalue weighted by atomic mass is 9.45. The Morgan fingerprint density at radius 3 is 1.99 bits per heavy atom. The zero-order valence-electron chi connectivity index (χ0n) is 42.2. The number of esters is 3. The van der Waals surface area contributed by atoms with Gasteiger partial charge in [-0.3, -0.25) is 18.6 Å². The molecular formula is C50H64F3NO16SSi. The van der Waals surface area contributed by atoms with Crippen molar-refractivity contribution in [3.8, 4) is 0 Å². The molecule has 6 rings (SSSR count). The van der Waals surface area contributed by atoms with Crippen LogP contribution in [0.4, 0.5) is 18.0 Å². The van der Waals surface area contributed by atoms with Crippen LogP contribution in [0.5, 0.6) is 0 Å². The Morgan fingerprint density at radius 1 is 0.917 bits per heavy atom. The second-order valence-corrected chi connectivity index (χ2v) is 27.0. The van der Waals surface area contributed by atoms with Gasteiger partial charge in [-0.2, -0.15) is 21.6 Å². The molecule has 72 heavy (non-hydrogen) atoms. The van der Waals surface area contributed by atoms with E-state index in [9.17, 15) is 41.1 Å². The van der Waals surface area contributed by atoms with Crippen molar-refractivity contribution in [1.29, 1.82) is 0 Å². The van der Waals surface area contributed by atoms with E-state index < -0.39 is 155 Å². The van der Waals surface area contributed by atoms with Crippen molar-refractivity contribution in [2.75, 3.05) is 6.61 Å². The SMILES string of the molecule is CC[Si](CC)(CC)O[C@@H](C(=O)O[C@H]1C[C@@]2(O)[C@@H](OC(=O)c3ccccc3)[C@@H]3[C@]4(OC(C)=O)CO[C@@H]4C[C@H](OS(=O)(=O)C(F)(F)F)[C@@]3(C)C(=O)C(=O)C(=C1C)C2(C)C)[C@@H](NC(=O)OC(C)(C)C)c1ccccc1. The summed E-state index contributed by atoms with van der Waals surface area (Å²) in [5, 5.41) is 16.6. The van der Waals surface area contributed by atoms with Gasteiger partial charge in [0.05, 0.1) is 35.6 Å². The molecule has 0 spiro atoms. The highest BCUT2D eigenvalue weighted by atomic mass is 32.2. The molecule has 2 N–H and O–H groups in total. The molecule has 4 aliphatic rings. The summed E-state index contributed by atoms with van der Waals surface area (Å²) in [6, 6.07) is 15.9. The highest BCUT2D eigenvalue weighted by Crippen LogP contribution is 2.64. The van der Waals surface area contributed by atoms with Gasteiger partial charge in [-0.05, 0) is 76.0 Å². The Balaban J connectivity index is 1.61. The first-order chi connectivity index (χ1) is 33.3. The Labute approximate surface area is 418 Å². The van der Waals surface area contributed by atoms with Crippen LogP contribution in [0.25, 0.3) is 0 Å². The van der Waals surface area contributed by atoms with E-state index in [1.165, 1.54) is 45.0 Å². The number of alkyl halides is 3. The molecule has 3 aliphatic carbocycles. The van der Waals surface area contributed by atoms with E-state index in [1.54, 1.807) is 57.2 Å². The number of halogens is 3. The van der Waals surface area contributed by atoms with E-state index in [0.717, 1.165) is 13.8 Å². The van der Waals surface area contributed by atoms with Gasteiger partial charge in [0.15, 0.2) is 20.0 Å². The summed E-state index contributed by atoms with van der Waals surface area (Å²) in [6.45, 7) is 16.0. The number of fused-ring (bicyclic) bond motifs is 5.